The Morgan fingerprint density at radius 3 is 2.76 bits per heavy atom. The highest BCUT2D eigenvalue weighted by molar-refractivity contribution is 5.54. The SMILES string of the molecule is CCc1c(N)ncnc1NCC1CCCCC1. The minimum atomic E-state index is 0.605. The summed E-state index contributed by atoms with van der Waals surface area (Å²) in [5.41, 5.74) is 6.89. The molecule has 0 aliphatic heterocycles. The monoisotopic (exact) mass is 234 g/mol. The summed E-state index contributed by atoms with van der Waals surface area (Å²) in [5, 5.41) is 3.44. The average molecular weight is 234 g/mol. The predicted molar refractivity (Wildman–Crippen MR) is 70.9 cm³/mol. The fraction of sp³-hybridized carbons (Fsp3) is 0.692. The quantitative estimate of drug-likeness (QED) is 0.840. The third-order valence-corrected chi connectivity index (χ3v) is 3.62. The highest BCUT2D eigenvalue weighted by Crippen LogP contribution is 2.25. The number of aromatic nitrogens is 2. The van der Waals surface area contributed by atoms with Gasteiger partial charge in [-0.15, -0.1) is 0 Å². The van der Waals surface area contributed by atoms with E-state index in [-0.39, 0.29) is 0 Å². The fourth-order valence-electron chi connectivity index (χ4n) is 2.56. The highest BCUT2D eigenvalue weighted by atomic mass is 15.0. The van der Waals surface area contributed by atoms with Crippen molar-refractivity contribution < 1.29 is 0 Å². The van der Waals surface area contributed by atoms with Gasteiger partial charge in [0.1, 0.15) is 18.0 Å². The molecule has 1 aliphatic rings. The van der Waals surface area contributed by atoms with E-state index < -0.39 is 0 Å². The van der Waals surface area contributed by atoms with E-state index in [0.717, 1.165) is 30.3 Å². The molecule has 0 atom stereocenters. The second kappa shape index (κ2) is 5.84. The molecular formula is C13H22N4. The minimum Gasteiger partial charge on any atom is -0.383 e. The largest absolute Gasteiger partial charge is 0.383 e. The van der Waals surface area contributed by atoms with Gasteiger partial charge in [0.05, 0.1) is 0 Å². The molecule has 0 aromatic carbocycles. The van der Waals surface area contributed by atoms with Crippen LogP contribution in [0.4, 0.5) is 11.6 Å². The summed E-state index contributed by atoms with van der Waals surface area (Å²) in [6.45, 7) is 3.10. The summed E-state index contributed by atoms with van der Waals surface area (Å²) >= 11 is 0. The number of nitrogens with zero attached hydrogens (tertiary/aromatic N) is 2. The molecule has 1 aromatic heterocycles. The zero-order valence-electron chi connectivity index (χ0n) is 10.6. The van der Waals surface area contributed by atoms with Crippen molar-refractivity contribution in [1.29, 1.82) is 0 Å². The van der Waals surface area contributed by atoms with E-state index in [1.165, 1.54) is 38.4 Å². The van der Waals surface area contributed by atoms with Crippen molar-refractivity contribution in [3.05, 3.63) is 11.9 Å². The number of hydrogen-bond acceptors (Lipinski definition) is 4. The fourth-order valence-corrected chi connectivity index (χ4v) is 2.56. The van der Waals surface area contributed by atoms with Gasteiger partial charge in [0, 0.05) is 12.1 Å². The molecule has 1 heterocycles. The Bertz CT molecular complexity index is 358. The van der Waals surface area contributed by atoms with Crippen LogP contribution in [0.5, 0.6) is 0 Å². The molecule has 1 aromatic rings. The Balaban J connectivity index is 1.95. The van der Waals surface area contributed by atoms with Crippen LogP contribution >= 0.6 is 0 Å². The second-order valence-electron chi connectivity index (χ2n) is 4.82. The Hall–Kier alpha value is -1.32. The molecule has 0 spiro atoms. The van der Waals surface area contributed by atoms with Crippen LogP contribution in [0.15, 0.2) is 6.33 Å². The molecule has 4 nitrogen and oxygen atoms in total. The minimum absolute atomic E-state index is 0.605. The van der Waals surface area contributed by atoms with Crippen molar-refractivity contribution in [2.24, 2.45) is 5.92 Å². The molecule has 94 valence electrons. The molecule has 0 amide bonds. The van der Waals surface area contributed by atoms with E-state index in [1.807, 2.05) is 0 Å². The van der Waals surface area contributed by atoms with Crippen LogP contribution in [0.3, 0.4) is 0 Å². The third-order valence-electron chi connectivity index (χ3n) is 3.62. The molecule has 2 rings (SSSR count). The molecule has 1 fully saturated rings. The van der Waals surface area contributed by atoms with Crippen LogP contribution in [0.25, 0.3) is 0 Å². The van der Waals surface area contributed by atoms with E-state index in [0.29, 0.717) is 5.82 Å². The summed E-state index contributed by atoms with van der Waals surface area (Å²) in [5.74, 6) is 2.32. The number of hydrogen-bond donors (Lipinski definition) is 2. The van der Waals surface area contributed by atoms with Crippen molar-refractivity contribution in [3.8, 4) is 0 Å². The normalized spacial score (nSPS) is 17.0. The number of nitrogen functional groups attached to an aromatic ring is 1. The van der Waals surface area contributed by atoms with E-state index in [4.69, 9.17) is 5.73 Å². The van der Waals surface area contributed by atoms with E-state index in [2.05, 4.69) is 22.2 Å². The summed E-state index contributed by atoms with van der Waals surface area (Å²) in [6.07, 6.45) is 9.25. The van der Waals surface area contributed by atoms with Gasteiger partial charge in [0.15, 0.2) is 0 Å². The van der Waals surface area contributed by atoms with Gasteiger partial charge in [-0.25, -0.2) is 9.97 Å². The van der Waals surface area contributed by atoms with Crippen LogP contribution in [0, 0.1) is 5.92 Å². The molecule has 4 heteroatoms. The lowest BCUT2D eigenvalue weighted by molar-refractivity contribution is 0.373. The standard InChI is InChI=1S/C13H22N4/c1-2-11-12(14)16-9-17-13(11)15-8-10-6-4-3-5-7-10/h9-10H,2-8H2,1H3,(H3,14,15,16,17). The van der Waals surface area contributed by atoms with Crippen molar-refractivity contribution in [3.63, 3.8) is 0 Å². The second-order valence-corrected chi connectivity index (χ2v) is 4.82. The molecular weight excluding hydrogens is 212 g/mol. The maximum absolute atomic E-state index is 5.85. The van der Waals surface area contributed by atoms with Crippen molar-refractivity contribution in [2.45, 2.75) is 45.4 Å². The van der Waals surface area contributed by atoms with Crippen molar-refractivity contribution >= 4 is 11.6 Å². The van der Waals surface area contributed by atoms with Gasteiger partial charge in [0.2, 0.25) is 0 Å². The average Bonchev–Trinajstić information content (AvgIpc) is 2.37. The lowest BCUT2D eigenvalue weighted by Gasteiger charge is -2.22. The van der Waals surface area contributed by atoms with E-state index in [9.17, 15) is 0 Å². The van der Waals surface area contributed by atoms with Crippen molar-refractivity contribution in [1.82, 2.24) is 9.97 Å². The van der Waals surface area contributed by atoms with Crippen molar-refractivity contribution in [2.75, 3.05) is 17.6 Å². The molecule has 0 radical (unpaired) electrons. The Kier molecular flexibility index (Phi) is 4.18. The number of rotatable bonds is 4. The molecule has 0 bridgehead atoms. The first-order valence-electron chi connectivity index (χ1n) is 6.64. The topological polar surface area (TPSA) is 63.8 Å². The van der Waals surface area contributed by atoms with Crippen LogP contribution in [-0.2, 0) is 6.42 Å². The number of nitrogens with one attached hydrogen (secondary N) is 1. The van der Waals surface area contributed by atoms with Gasteiger partial charge in [0.25, 0.3) is 0 Å². The van der Waals surface area contributed by atoms with Gasteiger partial charge in [-0.3, -0.25) is 0 Å². The first-order valence-corrected chi connectivity index (χ1v) is 6.64. The van der Waals surface area contributed by atoms with Gasteiger partial charge in [-0.1, -0.05) is 26.2 Å². The Morgan fingerprint density at radius 1 is 1.29 bits per heavy atom. The van der Waals surface area contributed by atoms with Crippen LogP contribution in [0.1, 0.15) is 44.6 Å². The summed E-state index contributed by atoms with van der Waals surface area (Å²) in [6, 6.07) is 0. The third kappa shape index (κ3) is 3.08. The summed E-state index contributed by atoms with van der Waals surface area (Å²) < 4.78 is 0. The van der Waals surface area contributed by atoms with Crippen LogP contribution in [-0.4, -0.2) is 16.5 Å². The van der Waals surface area contributed by atoms with E-state index >= 15 is 0 Å². The first kappa shape index (κ1) is 12.1. The molecule has 1 aliphatic carbocycles. The maximum atomic E-state index is 5.85. The predicted octanol–water partition coefficient (Wildman–Crippen LogP) is 2.61. The summed E-state index contributed by atoms with van der Waals surface area (Å²) in [4.78, 5) is 8.32. The van der Waals surface area contributed by atoms with Crippen LogP contribution in [0.2, 0.25) is 0 Å². The lowest BCUT2D eigenvalue weighted by Crippen LogP contribution is -2.19. The molecule has 0 unspecified atom stereocenters. The highest BCUT2D eigenvalue weighted by Gasteiger charge is 2.14. The Morgan fingerprint density at radius 2 is 2.06 bits per heavy atom. The lowest BCUT2D eigenvalue weighted by atomic mass is 9.89. The van der Waals surface area contributed by atoms with Gasteiger partial charge >= 0.3 is 0 Å². The number of nitrogens with two attached hydrogens (primary N) is 1. The van der Waals surface area contributed by atoms with Gasteiger partial charge in [-0.2, -0.15) is 0 Å². The zero-order valence-corrected chi connectivity index (χ0v) is 10.6. The molecule has 17 heavy (non-hydrogen) atoms. The smallest absolute Gasteiger partial charge is 0.134 e. The zero-order chi connectivity index (χ0) is 12.1. The summed E-state index contributed by atoms with van der Waals surface area (Å²) in [7, 11) is 0. The maximum Gasteiger partial charge on any atom is 0.134 e. The Labute approximate surface area is 103 Å². The van der Waals surface area contributed by atoms with Crippen LogP contribution < -0.4 is 11.1 Å². The van der Waals surface area contributed by atoms with E-state index in [1.54, 1.807) is 0 Å². The first-order chi connectivity index (χ1) is 8.31. The molecule has 0 saturated heterocycles. The van der Waals surface area contributed by atoms with Gasteiger partial charge < -0.3 is 11.1 Å². The molecule has 1 saturated carbocycles. The number of anilines is 2. The van der Waals surface area contributed by atoms with Gasteiger partial charge in [-0.05, 0) is 25.2 Å². The molecule has 3 N–H and O–H groups in total.